The number of carbonyl (C=O) groups is 1. The molecule has 6 heteroatoms. The Morgan fingerprint density at radius 2 is 2.15 bits per heavy atom. The Balaban J connectivity index is 2.26. The maximum atomic E-state index is 11.8. The summed E-state index contributed by atoms with van der Waals surface area (Å²) in [5, 5.41) is 16.7. The van der Waals surface area contributed by atoms with Crippen LogP contribution >= 0.6 is 11.8 Å². The molecule has 2 aromatic rings. The first kappa shape index (κ1) is 14.6. The van der Waals surface area contributed by atoms with Gasteiger partial charge in [0.25, 0.3) is 0 Å². The zero-order valence-electron chi connectivity index (χ0n) is 11.4. The fourth-order valence-electron chi connectivity index (χ4n) is 1.98. The number of aryl methyl sites for hydroxylation is 1. The summed E-state index contributed by atoms with van der Waals surface area (Å²) >= 11 is 1.47. The van der Waals surface area contributed by atoms with E-state index in [1.165, 1.54) is 11.8 Å². The average molecular weight is 291 g/mol. The van der Waals surface area contributed by atoms with Gasteiger partial charge in [0.2, 0.25) is 0 Å². The largest absolute Gasteiger partial charge is 0.480 e. The number of benzene rings is 1. The summed E-state index contributed by atoms with van der Waals surface area (Å²) in [5.41, 5.74) is -0.367. The molecule has 0 radical (unpaired) electrons. The molecule has 2 N–H and O–H groups in total. The molecule has 0 bridgehead atoms. The van der Waals surface area contributed by atoms with E-state index in [1.54, 1.807) is 17.9 Å². The van der Waals surface area contributed by atoms with Crippen molar-refractivity contribution in [2.75, 3.05) is 12.8 Å². The molecule has 2 rings (SSSR count). The van der Waals surface area contributed by atoms with Gasteiger partial charge in [-0.05, 0) is 12.6 Å². The Kier molecular flexibility index (Phi) is 4.46. The molecule has 0 aliphatic heterocycles. The number of nitrogens with one attached hydrogen (secondary N) is 1. The maximum Gasteiger partial charge on any atom is 0.329 e. The van der Waals surface area contributed by atoms with Gasteiger partial charge in [-0.1, -0.05) is 30.3 Å². The highest BCUT2D eigenvalue weighted by Crippen LogP contribution is 2.29. The minimum absolute atomic E-state index is 0.383. The van der Waals surface area contributed by atoms with E-state index in [4.69, 9.17) is 0 Å². The summed E-state index contributed by atoms with van der Waals surface area (Å²) in [6.45, 7) is 0. The normalized spacial score (nSPS) is 13.9. The van der Waals surface area contributed by atoms with Gasteiger partial charge in [0.15, 0.2) is 5.54 Å². The van der Waals surface area contributed by atoms with Crippen LogP contribution < -0.4 is 5.32 Å². The van der Waals surface area contributed by atoms with Crippen molar-refractivity contribution in [3.8, 4) is 0 Å². The Hall–Kier alpha value is -1.79. The van der Waals surface area contributed by atoms with Crippen molar-refractivity contribution in [3.63, 3.8) is 0 Å². The van der Waals surface area contributed by atoms with Crippen molar-refractivity contribution in [2.24, 2.45) is 7.05 Å². The van der Waals surface area contributed by atoms with E-state index in [9.17, 15) is 9.90 Å². The smallest absolute Gasteiger partial charge is 0.329 e. The average Bonchev–Trinajstić information content (AvgIpc) is 2.87. The van der Waals surface area contributed by atoms with Crippen LogP contribution in [0, 0.1) is 0 Å². The third-order valence-corrected chi connectivity index (χ3v) is 4.32. The number of carboxylic acids is 1. The van der Waals surface area contributed by atoms with E-state index in [2.05, 4.69) is 10.4 Å². The molecule has 106 valence electrons. The Morgan fingerprint density at radius 3 is 2.65 bits per heavy atom. The summed E-state index contributed by atoms with van der Waals surface area (Å²) < 4.78 is 1.70. The van der Waals surface area contributed by atoms with Crippen molar-refractivity contribution in [1.29, 1.82) is 0 Å². The molecule has 0 fully saturated rings. The van der Waals surface area contributed by atoms with E-state index in [1.807, 2.05) is 43.6 Å². The first-order valence-electron chi connectivity index (χ1n) is 6.18. The number of rotatable bonds is 6. The second-order valence-electron chi connectivity index (χ2n) is 4.46. The van der Waals surface area contributed by atoms with Crippen LogP contribution in [-0.4, -0.2) is 33.7 Å². The molecule has 0 amide bonds. The van der Waals surface area contributed by atoms with Crippen LogP contribution in [0.1, 0.15) is 5.56 Å². The number of carboxylic acid groups (broad SMARTS) is 1. The number of hydrogen-bond donors (Lipinski definition) is 2. The predicted molar refractivity (Wildman–Crippen MR) is 78.7 cm³/mol. The lowest BCUT2D eigenvalue weighted by atomic mass is 9.92. The molecule has 0 saturated heterocycles. The number of aliphatic carboxylic acids is 1. The summed E-state index contributed by atoms with van der Waals surface area (Å²) in [4.78, 5) is 12.7. The highest BCUT2D eigenvalue weighted by molar-refractivity contribution is 7.99. The van der Waals surface area contributed by atoms with Crippen molar-refractivity contribution in [3.05, 3.63) is 48.3 Å². The molecule has 1 atom stereocenters. The number of hydrogen-bond acceptors (Lipinski definition) is 4. The molecule has 1 aromatic heterocycles. The lowest BCUT2D eigenvalue weighted by molar-refractivity contribution is -0.144. The highest BCUT2D eigenvalue weighted by Gasteiger charge is 2.38. The summed E-state index contributed by atoms with van der Waals surface area (Å²) in [5.74, 6) is -0.503. The van der Waals surface area contributed by atoms with Gasteiger partial charge in [0.05, 0.1) is 6.20 Å². The first-order valence-corrected chi connectivity index (χ1v) is 7.16. The van der Waals surface area contributed by atoms with Gasteiger partial charge in [-0.3, -0.25) is 4.68 Å². The third-order valence-electron chi connectivity index (χ3n) is 3.19. The van der Waals surface area contributed by atoms with Gasteiger partial charge in [0, 0.05) is 23.9 Å². The van der Waals surface area contributed by atoms with Crippen LogP contribution in [0.25, 0.3) is 0 Å². The number of thioether (sulfide) groups is 1. The van der Waals surface area contributed by atoms with Gasteiger partial charge in [0.1, 0.15) is 0 Å². The fraction of sp³-hybridized carbons (Fsp3) is 0.286. The molecule has 0 aliphatic rings. The van der Waals surface area contributed by atoms with Crippen molar-refractivity contribution in [1.82, 2.24) is 15.1 Å². The van der Waals surface area contributed by atoms with Crippen LogP contribution in [0.2, 0.25) is 0 Å². The molecule has 0 aliphatic carbocycles. The third kappa shape index (κ3) is 2.86. The van der Waals surface area contributed by atoms with E-state index >= 15 is 0 Å². The Morgan fingerprint density at radius 1 is 1.45 bits per heavy atom. The van der Waals surface area contributed by atoms with E-state index in [0.29, 0.717) is 5.75 Å². The molecule has 1 aromatic carbocycles. The maximum absolute atomic E-state index is 11.8. The van der Waals surface area contributed by atoms with E-state index in [0.717, 1.165) is 10.5 Å². The predicted octanol–water partition coefficient (Wildman–Crippen LogP) is 1.71. The van der Waals surface area contributed by atoms with Crippen LogP contribution in [0.4, 0.5) is 0 Å². The van der Waals surface area contributed by atoms with Crippen LogP contribution in [-0.2, 0) is 17.4 Å². The lowest BCUT2D eigenvalue weighted by Gasteiger charge is -2.29. The SMILES string of the molecule is CNC(CSc1cnn(C)c1)(C(=O)O)c1ccccc1. The van der Waals surface area contributed by atoms with Crippen LogP contribution in [0.5, 0.6) is 0 Å². The second kappa shape index (κ2) is 6.11. The Bertz CT molecular complexity index is 585. The van der Waals surface area contributed by atoms with Crippen molar-refractivity contribution < 1.29 is 9.90 Å². The monoisotopic (exact) mass is 291 g/mol. The molecule has 1 heterocycles. The number of aromatic nitrogens is 2. The zero-order chi connectivity index (χ0) is 14.6. The quantitative estimate of drug-likeness (QED) is 0.793. The van der Waals surface area contributed by atoms with Crippen molar-refractivity contribution in [2.45, 2.75) is 10.4 Å². The highest BCUT2D eigenvalue weighted by atomic mass is 32.2. The molecule has 0 saturated carbocycles. The van der Waals surface area contributed by atoms with Gasteiger partial charge in [-0.25, -0.2) is 4.79 Å². The van der Waals surface area contributed by atoms with Crippen LogP contribution in [0.3, 0.4) is 0 Å². The first-order chi connectivity index (χ1) is 9.58. The van der Waals surface area contributed by atoms with Gasteiger partial charge < -0.3 is 10.4 Å². The molecule has 0 spiro atoms. The fourth-order valence-corrected chi connectivity index (χ4v) is 3.15. The minimum atomic E-state index is -1.11. The van der Waals surface area contributed by atoms with E-state index in [-0.39, 0.29) is 0 Å². The van der Waals surface area contributed by atoms with Gasteiger partial charge in [-0.15, -0.1) is 11.8 Å². The van der Waals surface area contributed by atoms with Crippen molar-refractivity contribution >= 4 is 17.7 Å². The second-order valence-corrected chi connectivity index (χ2v) is 5.51. The number of nitrogens with zero attached hydrogens (tertiary/aromatic N) is 2. The van der Waals surface area contributed by atoms with Gasteiger partial charge in [-0.2, -0.15) is 5.10 Å². The number of likely N-dealkylation sites (N-methyl/N-ethyl adjacent to an activating group) is 1. The lowest BCUT2D eigenvalue weighted by Crippen LogP contribution is -2.49. The molecular formula is C14H17N3O2S. The molecule has 20 heavy (non-hydrogen) atoms. The summed E-state index contributed by atoms with van der Waals surface area (Å²) in [7, 11) is 3.51. The Labute approximate surface area is 122 Å². The summed E-state index contributed by atoms with van der Waals surface area (Å²) in [6, 6.07) is 9.22. The molecule has 5 nitrogen and oxygen atoms in total. The van der Waals surface area contributed by atoms with E-state index < -0.39 is 11.5 Å². The summed E-state index contributed by atoms with van der Waals surface area (Å²) in [6.07, 6.45) is 3.61. The van der Waals surface area contributed by atoms with Gasteiger partial charge >= 0.3 is 5.97 Å². The standard InChI is InChI=1S/C14H17N3O2S/c1-15-14(13(18)19,11-6-4-3-5-7-11)10-20-12-8-16-17(2)9-12/h3-9,15H,10H2,1-2H3,(H,18,19). The van der Waals surface area contributed by atoms with Crippen LogP contribution in [0.15, 0.2) is 47.6 Å². The topological polar surface area (TPSA) is 67.2 Å². The molecular weight excluding hydrogens is 274 g/mol. The molecule has 1 unspecified atom stereocenters. The zero-order valence-corrected chi connectivity index (χ0v) is 12.2. The minimum Gasteiger partial charge on any atom is -0.480 e.